The van der Waals surface area contributed by atoms with Crippen LogP contribution in [0.4, 0.5) is 5.82 Å². The quantitative estimate of drug-likeness (QED) is 0.527. The van der Waals surface area contributed by atoms with Gasteiger partial charge in [-0.25, -0.2) is 4.98 Å². The summed E-state index contributed by atoms with van der Waals surface area (Å²) in [5.74, 6) is 0.958. The summed E-state index contributed by atoms with van der Waals surface area (Å²) in [5.41, 5.74) is 6.92. The fourth-order valence-electron chi connectivity index (χ4n) is 4.02. The highest BCUT2D eigenvalue weighted by Gasteiger charge is 2.20. The van der Waals surface area contributed by atoms with Gasteiger partial charge in [0, 0.05) is 42.0 Å². The van der Waals surface area contributed by atoms with Gasteiger partial charge in [-0.05, 0) is 31.5 Å². The Balaban J connectivity index is 1.40. The Labute approximate surface area is 173 Å². The van der Waals surface area contributed by atoms with Crippen LogP contribution in [0.15, 0.2) is 42.2 Å². The van der Waals surface area contributed by atoms with Crippen LogP contribution in [0.25, 0.3) is 32.6 Å². The highest BCUT2D eigenvalue weighted by Crippen LogP contribution is 2.36. The van der Waals surface area contributed by atoms with Crippen LogP contribution in [-0.2, 0) is 0 Å². The van der Waals surface area contributed by atoms with Gasteiger partial charge < -0.3 is 10.2 Å². The van der Waals surface area contributed by atoms with Crippen molar-refractivity contribution in [2.24, 2.45) is 0 Å². The Bertz CT molecular complexity index is 1080. The molecule has 1 aromatic carbocycles. The van der Waals surface area contributed by atoms with E-state index in [1.54, 1.807) is 11.3 Å². The number of hydrogen-bond donors (Lipinski definition) is 2. The van der Waals surface area contributed by atoms with Gasteiger partial charge in [0.1, 0.15) is 0 Å². The van der Waals surface area contributed by atoms with E-state index in [9.17, 15) is 0 Å². The van der Waals surface area contributed by atoms with Crippen molar-refractivity contribution in [2.75, 3.05) is 24.5 Å². The van der Waals surface area contributed by atoms with E-state index in [1.165, 1.54) is 0 Å². The van der Waals surface area contributed by atoms with Crippen LogP contribution in [0.3, 0.4) is 0 Å². The number of aromatic amines is 1. The lowest BCUT2D eigenvalue weighted by Gasteiger charge is -2.32. The molecule has 5 rings (SSSR count). The number of H-pyrrole nitrogens is 1. The van der Waals surface area contributed by atoms with Crippen LogP contribution in [0.1, 0.15) is 19.8 Å². The first-order valence-corrected chi connectivity index (χ1v) is 10.9. The largest absolute Gasteiger partial charge is 0.355 e. The number of piperidine rings is 1. The highest BCUT2D eigenvalue weighted by atomic mass is 32.1. The molecule has 0 bridgehead atoms. The van der Waals surface area contributed by atoms with Crippen LogP contribution >= 0.6 is 11.3 Å². The zero-order valence-electron chi connectivity index (χ0n) is 16.3. The third-order valence-corrected chi connectivity index (χ3v) is 6.39. The zero-order chi connectivity index (χ0) is 19.6. The number of nitrogens with zero attached hydrogens (tertiary/aromatic N) is 5. The van der Waals surface area contributed by atoms with E-state index in [-0.39, 0.29) is 0 Å². The van der Waals surface area contributed by atoms with Crippen molar-refractivity contribution < 1.29 is 0 Å². The Morgan fingerprint density at radius 1 is 1.14 bits per heavy atom. The molecule has 0 saturated carbocycles. The Morgan fingerprint density at radius 2 is 2.00 bits per heavy atom. The molecule has 1 aliphatic heterocycles. The number of nitrogens with one attached hydrogen (secondary N) is 2. The molecule has 0 atom stereocenters. The fourth-order valence-corrected chi connectivity index (χ4v) is 4.86. The Morgan fingerprint density at radius 3 is 2.72 bits per heavy atom. The maximum atomic E-state index is 4.59. The summed E-state index contributed by atoms with van der Waals surface area (Å²) in [7, 11) is 0. The maximum Gasteiger partial charge on any atom is 0.151 e. The molecule has 0 spiro atoms. The standard InChI is InChI=1S/C21H23N7S/c1-2-22-15-7-9-28(10-8-15)19-6-5-18(26-27-19)17-4-3-16(14-11-24-25-12-14)20-21(17)29-13-23-20/h3-6,11-13,15,22H,2,7-10H2,1H3,(H,24,25). The summed E-state index contributed by atoms with van der Waals surface area (Å²) >= 11 is 1.63. The summed E-state index contributed by atoms with van der Waals surface area (Å²) in [5, 5.41) is 19.6. The van der Waals surface area contributed by atoms with Gasteiger partial charge in [-0.3, -0.25) is 5.10 Å². The zero-order valence-corrected chi connectivity index (χ0v) is 17.1. The SMILES string of the molecule is CCNC1CCN(c2ccc(-c3ccc(-c4cn[nH]c4)c4ncsc34)nn2)CC1. The Kier molecular flexibility index (Phi) is 4.95. The lowest BCUT2D eigenvalue weighted by Crippen LogP contribution is -2.42. The van der Waals surface area contributed by atoms with E-state index in [4.69, 9.17) is 0 Å². The molecule has 1 aliphatic rings. The number of hydrogen-bond acceptors (Lipinski definition) is 7. The minimum absolute atomic E-state index is 0.622. The van der Waals surface area contributed by atoms with Crippen LogP contribution in [-0.4, -0.2) is 51.1 Å². The van der Waals surface area contributed by atoms with Gasteiger partial charge in [0.25, 0.3) is 0 Å². The van der Waals surface area contributed by atoms with Gasteiger partial charge in [0.2, 0.25) is 0 Å². The van der Waals surface area contributed by atoms with E-state index in [0.717, 1.165) is 70.9 Å². The third-order valence-electron chi connectivity index (χ3n) is 5.53. The summed E-state index contributed by atoms with van der Waals surface area (Å²) in [4.78, 5) is 6.92. The second kappa shape index (κ2) is 7.88. The normalized spacial score (nSPS) is 15.3. The number of aromatic nitrogens is 5. The Hall–Kier alpha value is -2.84. The lowest BCUT2D eigenvalue weighted by atomic mass is 10.0. The van der Waals surface area contributed by atoms with E-state index in [2.05, 4.69) is 66.8 Å². The monoisotopic (exact) mass is 405 g/mol. The first kappa shape index (κ1) is 18.2. The first-order valence-electron chi connectivity index (χ1n) is 10.0. The molecule has 4 heterocycles. The minimum Gasteiger partial charge on any atom is -0.355 e. The van der Waals surface area contributed by atoms with Gasteiger partial charge in [0.15, 0.2) is 5.82 Å². The molecule has 0 amide bonds. The fraction of sp³-hybridized carbons (Fsp3) is 0.333. The van der Waals surface area contributed by atoms with Gasteiger partial charge in [-0.15, -0.1) is 21.5 Å². The van der Waals surface area contributed by atoms with Crippen molar-refractivity contribution in [3.63, 3.8) is 0 Å². The minimum atomic E-state index is 0.622. The molecule has 1 saturated heterocycles. The smallest absolute Gasteiger partial charge is 0.151 e. The number of benzene rings is 1. The van der Waals surface area contributed by atoms with E-state index < -0.39 is 0 Å². The summed E-state index contributed by atoms with van der Waals surface area (Å²) in [6, 6.07) is 8.98. The van der Waals surface area contributed by atoms with Gasteiger partial charge in [-0.1, -0.05) is 19.1 Å². The molecule has 8 heteroatoms. The predicted octanol–water partition coefficient (Wildman–Crippen LogP) is 3.72. The second-order valence-electron chi connectivity index (χ2n) is 7.27. The number of thiazole rings is 1. The van der Waals surface area contributed by atoms with E-state index in [1.807, 2.05) is 17.9 Å². The van der Waals surface area contributed by atoms with Gasteiger partial charge >= 0.3 is 0 Å². The maximum absolute atomic E-state index is 4.59. The van der Waals surface area contributed by atoms with Crippen LogP contribution in [0.2, 0.25) is 0 Å². The van der Waals surface area contributed by atoms with Crippen molar-refractivity contribution in [3.8, 4) is 22.4 Å². The molecule has 29 heavy (non-hydrogen) atoms. The predicted molar refractivity (Wildman–Crippen MR) is 117 cm³/mol. The van der Waals surface area contributed by atoms with Crippen molar-refractivity contribution in [1.29, 1.82) is 0 Å². The van der Waals surface area contributed by atoms with Gasteiger partial charge in [0.05, 0.1) is 27.6 Å². The molecule has 1 fully saturated rings. The molecule has 0 aliphatic carbocycles. The summed E-state index contributed by atoms with van der Waals surface area (Å²) < 4.78 is 1.12. The topological polar surface area (TPSA) is 82.6 Å². The molecule has 4 aromatic rings. The molecule has 148 valence electrons. The van der Waals surface area contributed by atoms with E-state index >= 15 is 0 Å². The molecule has 0 unspecified atom stereocenters. The number of rotatable bonds is 5. The molecule has 0 radical (unpaired) electrons. The second-order valence-corrected chi connectivity index (χ2v) is 8.13. The molecular formula is C21H23N7S. The van der Waals surface area contributed by atoms with Crippen molar-refractivity contribution in [2.45, 2.75) is 25.8 Å². The molecule has 7 nitrogen and oxygen atoms in total. The summed E-state index contributed by atoms with van der Waals surface area (Å²) in [6.45, 7) is 5.23. The van der Waals surface area contributed by atoms with Crippen LogP contribution in [0, 0.1) is 0 Å². The van der Waals surface area contributed by atoms with E-state index in [0.29, 0.717) is 6.04 Å². The summed E-state index contributed by atoms with van der Waals surface area (Å²) in [6.07, 6.45) is 6.01. The highest BCUT2D eigenvalue weighted by molar-refractivity contribution is 7.17. The molecule has 2 N–H and O–H groups in total. The number of fused-ring (bicyclic) bond motifs is 1. The first-order chi connectivity index (χ1) is 14.3. The van der Waals surface area contributed by atoms with Gasteiger partial charge in [-0.2, -0.15) is 5.10 Å². The molecular weight excluding hydrogens is 382 g/mol. The molecule has 3 aromatic heterocycles. The average Bonchev–Trinajstić information content (AvgIpc) is 3.47. The van der Waals surface area contributed by atoms with Crippen LogP contribution < -0.4 is 10.2 Å². The van der Waals surface area contributed by atoms with Crippen molar-refractivity contribution in [1.82, 2.24) is 30.7 Å². The van der Waals surface area contributed by atoms with Crippen molar-refractivity contribution >= 4 is 27.4 Å². The average molecular weight is 406 g/mol. The van der Waals surface area contributed by atoms with Crippen LogP contribution in [0.5, 0.6) is 0 Å². The number of anilines is 1. The lowest BCUT2D eigenvalue weighted by molar-refractivity contribution is 0.422. The third kappa shape index (κ3) is 3.49. The van der Waals surface area contributed by atoms with Crippen molar-refractivity contribution in [3.05, 3.63) is 42.2 Å².